The maximum atomic E-state index is 12.7. The first-order chi connectivity index (χ1) is 13.9. The summed E-state index contributed by atoms with van der Waals surface area (Å²) in [6.45, 7) is 4.25. The number of carbonyl (C=O) groups excluding carboxylic acids is 1. The summed E-state index contributed by atoms with van der Waals surface area (Å²) in [6.07, 6.45) is -4.45. The number of nitrogens with one attached hydrogen (secondary N) is 2. The summed E-state index contributed by atoms with van der Waals surface area (Å²) < 4.78 is 48.8. The van der Waals surface area contributed by atoms with Gasteiger partial charge in [0.05, 0.1) is 18.8 Å². The molecule has 1 amide bonds. The lowest BCUT2D eigenvalue weighted by Crippen LogP contribution is -3.12. The van der Waals surface area contributed by atoms with E-state index in [1.807, 2.05) is 24.3 Å². The smallest absolute Gasteiger partial charge is 0.416 e. The topological polar surface area (TPSA) is 52.0 Å². The van der Waals surface area contributed by atoms with E-state index >= 15 is 0 Å². The molecule has 156 valence electrons. The molecule has 0 bridgehead atoms. The molecular formula is C21H24F3N2O3+. The van der Waals surface area contributed by atoms with Gasteiger partial charge in [-0.05, 0) is 23.8 Å². The number of morpholine rings is 1. The molecule has 8 heteroatoms. The molecular weight excluding hydrogens is 385 g/mol. The monoisotopic (exact) mass is 409 g/mol. The van der Waals surface area contributed by atoms with Gasteiger partial charge in [0, 0.05) is 12.1 Å². The van der Waals surface area contributed by atoms with Gasteiger partial charge in [-0.25, -0.2) is 0 Å². The van der Waals surface area contributed by atoms with Crippen LogP contribution in [-0.4, -0.2) is 38.8 Å². The molecule has 1 aliphatic heterocycles. The zero-order chi connectivity index (χ0) is 20.7. The van der Waals surface area contributed by atoms with Crippen molar-refractivity contribution in [2.24, 2.45) is 0 Å². The van der Waals surface area contributed by atoms with Crippen LogP contribution in [0.2, 0.25) is 0 Å². The molecule has 0 saturated carbocycles. The Morgan fingerprint density at radius 1 is 1.07 bits per heavy atom. The van der Waals surface area contributed by atoms with Crippen LogP contribution in [0.25, 0.3) is 0 Å². The number of halogens is 3. The Hall–Kier alpha value is -2.58. The Morgan fingerprint density at radius 2 is 1.79 bits per heavy atom. The summed E-state index contributed by atoms with van der Waals surface area (Å²) in [5.74, 6) is -0.387. The number of rotatable bonds is 7. The maximum Gasteiger partial charge on any atom is 0.416 e. The number of hydrogen-bond donors (Lipinski definition) is 2. The number of quaternary nitrogens is 1. The van der Waals surface area contributed by atoms with E-state index in [-0.39, 0.29) is 12.4 Å². The molecule has 1 heterocycles. The van der Waals surface area contributed by atoms with Crippen molar-refractivity contribution < 1.29 is 32.3 Å². The van der Waals surface area contributed by atoms with Crippen LogP contribution in [0.5, 0.6) is 5.75 Å². The fraction of sp³-hybridized carbons (Fsp3) is 0.381. The quantitative estimate of drug-likeness (QED) is 0.734. The van der Waals surface area contributed by atoms with E-state index in [1.165, 1.54) is 17.0 Å². The van der Waals surface area contributed by atoms with E-state index in [0.717, 1.165) is 56.1 Å². The zero-order valence-electron chi connectivity index (χ0n) is 15.9. The van der Waals surface area contributed by atoms with E-state index in [9.17, 15) is 18.0 Å². The second kappa shape index (κ2) is 9.76. The number of benzene rings is 2. The van der Waals surface area contributed by atoms with Crippen molar-refractivity contribution in [2.75, 3.05) is 32.9 Å². The molecule has 0 spiro atoms. The van der Waals surface area contributed by atoms with Crippen LogP contribution >= 0.6 is 0 Å². The lowest BCUT2D eigenvalue weighted by Gasteiger charge is -2.24. The Kier molecular flexibility index (Phi) is 7.11. The maximum absolute atomic E-state index is 12.7. The van der Waals surface area contributed by atoms with Gasteiger partial charge in [-0.2, -0.15) is 13.2 Å². The fourth-order valence-electron chi connectivity index (χ4n) is 3.16. The van der Waals surface area contributed by atoms with Crippen molar-refractivity contribution in [3.8, 4) is 5.75 Å². The lowest BCUT2D eigenvalue weighted by atomic mass is 10.1. The molecule has 0 atom stereocenters. The van der Waals surface area contributed by atoms with Crippen molar-refractivity contribution in [2.45, 2.75) is 19.3 Å². The van der Waals surface area contributed by atoms with E-state index in [2.05, 4.69) is 5.32 Å². The second-order valence-electron chi connectivity index (χ2n) is 6.90. The average molecular weight is 409 g/mol. The molecule has 0 radical (unpaired) electrons. The van der Waals surface area contributed by atoms with Gasteiger partial charge in [-0.3, -0.25) is 4.79 Å². The Bertz CT molecular complexity index is 821. The van der Waals surface area contributed by atoms with Crippen LogP contribution in [0.3, 0.4) is 0 Å². The number of amides is 1. The summed E-state index contributed by atoms with van der Waals surface area (Å²) in [6, 6.07) is 12.4. The van der Waals surface area contributed by atoms with E-state index in [0.29, 0.717) is 6.54 Å². The van der Waals surface area contributed by atoms with Gasteiger partial charge in [0.25, 0.3) is 5.91 Å². The molecule has 1 fully saturated rings. The highest BCUT2D eigenvalue weighted by molar-refractivity contribution is 5.77. The van der Waals surface area contributed by atoms with Gasteiger partial charge >= 0.3 is 6.18 Å². The molecule has 1 aliphatic rings. The van der Waals surface area contributed by atoms with Gasteiger partial charge in [0.2, 0.25) is 0 Å². The minimum atomic E-state index is -4.45. The predicted molar refractivity (Wildman–Crippen MR) is 100 cm³/mol. The molecule has 1 saturated heterocycles. The molecule has 2 aromatic carbocycles. The molecule has 29 heavy (non-hydrogen) atoms. The number of hydrogen-bond acceptors (Lipinski definition) is 3. The SMILES string of the molecule is O=C(COc1cccc(C(F)(F)F)c1)NCc1ccccc1C[NH+]1CCOCC1. The van der Waals surface area contributed by atoms with Crippen LogP contribution < -0.4 is 15.0 Å². The van der Waals surface area contributed by atoms with Crippen LogP contribution in [-0.2, 0) is 28.8 Å². The molecule has 2 N–H and O–H groups in total. The van der Waals surface area contributed by atoms with Crippen molar-refractivity contribution >= 4 is 5.91 Å². The Morgan fingerprint density at radius 3 is 2.52 bits per heavy atom. The van der Waals surface area contributed by atoms with Crippen molar-refractivity contribution in [1.82, 2.24) is 5.32 Å². The van der Waals surface area contributed by atoms with Crippen LogP contribution in [0.1, 0.15) is 16.7 Å². The van der Waals surface area contributed by atoms with E-state index in [4.69, 9.17) is 9.47 Å². The van der Waals surface area contributed by atoms with Gasteiger partial charge in [-0.1, -0.05) is 30.3 Å². The minimum Gasteiger partial charge on any atom is -0.484 e. The number of carbonyl (C=O) groups is 1. The Balaban J connectivity index is 1.51. The summed E-state index contributed by atoms with van der Waals surface area (Å²) in [5.41, 5.74) is 1.36. The average Bonchev–Trinajstić information content (AvgIpc) is 2.72. The minimum absolute atomic E-state index is 0.00583. The highest BCUT2D eigenvalue weighted by Gasteiger charge is 2.30. The largest absolute Gasteiger partial charge is 0.484 e. The normalized spacial score (nSPS) is 15.1. The highest BCUT2D eigenvalue weighted by atomic mass is 19.4. The third-order valence-corrected chi connectivity index (χ3v) is 4.77. The van der Waals surface area contributed by atoms with Crippen molar-refractivity contribution in [3.63, 3.8) is 0 Å². The first-order valence-electron chi connectivity index (χ1n) is 9.46. The predicted octanol–water partition coefficient (Wildman–Crippen LogP) is 1.82. The van der Waals surface area contributed by atoms with Crippen LogP contribution in [0.15, 0.2) is 48.5 Å². The molecule has 3 rings (SSSR count). The lowest BCUT2D eigenvalue weighted by molar-refractivity contribution is -0.921. The summed E-state index contributed by atoms with van der Waals surface area (Å²) in [7, 11) is 0. The fourth-order valence-corrected chi connectivity index (χ4v) is 3.16. The van der Waals surface area contributed by atoms with Crippen LogP contribution in [0.4, 0.5) is 13.2 Å². The molecule has 5 nitrogen and oxygen atoms in total. The standard InChI is InChI=1S/C21H23F3N2O3/c22-21(23,24)18-6-3-7-19(12-18)29-15-20(27)25-13-16-4-1-2-5-17(16)14-26-8-10-28-11-9-26/h1-7,12H,8-11,13-15H2,(H,25,27)/p+1. The third kappa shape index (κ3) is 6.47. The summed E-state index contributed by atoms with van der Waals surface area (Å²) in [4.78, 5) is 13.5. The molecule has 0 aliphatic carbocycles. The van der Waals surface area contributed by atoms with Gasteiger partial charge in [0.1, 0.15) is 25.4 Å². The van der Waals surface area contributed by atoms with Crippen LogP contribution in [0, 0.1) is 0 Å². The summed E-state index contributed by atoms with van der Waals surface area (Å²) in [5, 5.41) is 2.77. The van der Waals surface area contributed by atoms with Gasteiger partial charge in [0.15, 0.2) is 6.61 Å². The van der Waals surface area contributed by atoms with E-state index < -0.39 is 17.6 Å². The third-order valence-electron chi connectivity index (χ3n) is 4.77. The number of ether oxygens (including phenoxy) is 2. The van der Waals surface area contributed by atoms with Gasteiger partial charge < -0.3 is 19.7 Å². The summed E-state index contributed by atoms with van der Waals surface area (Å²) >= 11 is 0. The van der Waals surface area contributed by atoms with E-state index in [1.54, 1.807) is 0 Å². The highest BCUT2D eigenvalue weighted by Crippen LogP contribution is 2.31. The van der Waals surface area contributed by atoms with Crippen molar-refractivity contribution in [1.29, 1.82) is 0 Å². The molecule has 0 unspecified atom stereocenters. The molecule has 2 aromatic rings. The Labute approximate surface area is 167 Å². The first-order valence-corrected chi connectivity index (χ1v) is 9.46. The second-order valence-corrected chi connectivity index (χ2v) is 6.90. The number of alkyl halides is 3. The van der Waals surface area contributed by atoms with Crippen molar-refractivity contribution in [3.05, 3.63) is 65.2 Å². The first kappa shape index (κ1) is 21.1. The zero-order valence-corrected chi connectivity index (χ0v) is 15.9. The molecule has 0 aromatic heterocycles. The van der Waals surface area contributed by atoms with Gasteiger partial charge in [-0.15, -0.1) is 0 Å².